The Morgan fingerprint density at radius 3 is 0.716 bits per heavy atom. The molecule has 95 heavy (non-hydrogen) atoms. The molecule has 0 heterocycles. The van der Waals surface area contributed by atoms with Crippen molar-refractivity contribution in [3.8, 4) is 0 Å². The van der Waals surface area contributed by atoms with E-state index in [9.17, 15) is 43.2 Å². The number of unbranched alkanes of at least 4 members (excludes halogenated alkanes) is 48. The molecule has 19 heteroatoms. The minimum atomic E-state index is -4.96. The van der Waals surface area contributed by atoms with Gasteiger partial charge in [0.2, 0.25) is 0 Å². The van der Waals surface area contributed by atoms with Crippen LogP contribution in [0.1, 0.15) is 401 Å². The SMILES string of the molecule is CCCCCCCCCCCCCCCCCCCCCCCCC(=O)O[C@H](COC(=O)CCCCCCCCCCCCCCC(C)C)COP(=O)(O)OC[C@@H](O)COP(=O)(O)OC[C@@H](COC(=O)CCCCCCCCCC)OC(=O)CCCCCCCCCCCC. The fourth-order valence-electron chi connectivity index (χ4n) is 11.7. The van der Waals surface area contributed by atoms with Gasteiger partial charge < -0.3 is 33.8 Å². The summed E-state index contributed by atoms with van der Waals surface area (Å²) in [4.78, 5) is 72.6. The number of hydrogen-bond donors (Lipinski definition) is 3. The Kier molecular flexibility index (Phi) is 67.7. The first kappa shape index (κ1) is 93.1. The summed E-state index contributed by atoms with van der Waals surface area (Å²) in [7, 11) is -9.90. The molecule has 0 saturated carbocycles. The molecule has 0 rings (SSSR count). The zero-order chi connectivity index (χ0) is 69.8. The molecule has 0 amide bonds. The van der Waals surface area contributed by atoms with Gasteiger partial charge in [-0.3, -0.25) is 37.3 Å². The highest BCUT2D eigenvalue weighted by Gasteiger charge is 2.30. The molecule has 17 nitrogen and oxygen atoms in total. The maximum atomic E-state index is 13.1. The minimum Gasteiger partial charge on any atom is -0.462 e. The predicted octanol–water partition coefficient (Wildman–Crippen LogP) is 22.5. The van der Waals surface area contributed by atoms with Crippen LogP contribution >= 0.6 is 15.6 Å². The van der Waals surface area contributed by atoms with Crippen molar-refractivity contribution in [2.45, 2.75) is 419 Å². The average molecular weight is 1400 g/mol. The van der Waals surface area contributed by atoms with Crippen molar-refractivity contribution in [2.75, 3.05) is 39.6 Å². The van der Waals surface area contributed by atoms with E-state index in [0.717, 1.165) is 102 Å². The van der Waals surface area contributed by atoms with Crippen LogP contribution in [0.4, 0.5) is 0 Å². The molecule has 0 radical (unpaired) electrons. The van der Waals surface area contributed by atoms with Gasteiger partial charge in [0.05, 0.1) is 26.4 Å². The minimum absolute atomic E-state index is 0.107. The average Bonchev–Trinajstić information content (AvgIpc) is 1.38. The maximum Gasteiger partial charge on any atom is 0.472 e. The molecule has 0 bridgehead atoms. The highest BCUT2D eigenvalue weighted by atomic mass is 31.2. The van der Waals surface area contributed by atoms with Crippen molar-refractivity contribution in [1.29, 1.82) is 0 Å². The lowest BCUT2D eigenvalue weighted by Gasteiger charge is -2.21. The number of carbonyl (C=O) groups excluding carboxylic acids is 4. The van der Waals surface area contributed by atoms with Gasteiger partial charge in [-0.1, -0.05) is 349 Å². The molecule has 0 aromatic heterocycles. The van der Waals surface area contributed by atoms with Crippen LogP contribution in [-0.2, 0) is 65.4 Å². The Morgan fingerprint density at radius 1 is 0.284 bits per heavy atom. The van der Waals surface area contributed by atoms with Crippen molar-refractivity contribution in [2.24, 2.45) is 5.92 Å². The van der Waals surface area contributed by atoms with E-state index in [1.54, 1.807) is 0 Å². The molecular weight excluding hydrogens is 1250 g/mol. The largest absolute Gasteiger partial charge is 0.472 e. The van der Waals surface area contributed by atoms with Crippen LogP contribution < -0.4 is 0 Å². The number of esters is 4. The molecule has 0 aliphatic carbocycles. The van der Waals surface area contributed by atoms with E-state index in [0.29, 0.717) is 25.7 Å². The van der Waals surface area contributed by atoms with Gasteiger partial charge in [-0.05, 0) is 31.6 Å². The van der Waals surface area contributed by atoms with E-state index in [1.165, 1.54) is 218 Å². The van der Waals surface area contributed by atoms with Gasteiger partial charge in [0.25, 0.3) is 0 Å². The third-order valence-corrected chi connectivity index (χ3v) is 19.7. The first-order chi connectivity index (χ1) is 46.0. The summed E-state index contributed by atoms with van der Waals surface area (Å²) >= 11 is 0. The van der Waals surface area contributed by atoms with Gasteiger partial charge in [0, 0.05) is 25.7 Å². The number of ether oxygens (including phenoxy) is 4. The molecule has 0 aromatic rings. The lowest BCUT2D eigenvalue weighted by atomic mass is 10.0. The molecule has 2 unspecified atom stereocenters. The molecule has 0 aliphatic rings. The summed E-state index contributed by atoms with van der Waals surface area (Å²) in [5.41, 5.74) is 0. The highest BCUT2D eigenvalue weighted by Crippen LogP contribution is 2.45. The van der Waals surface area contributed by atoms with Crippen LogP contribution in [0.3, 0.4) is 0 Å². The Labute approximate surface area is 581 Å². The normalized spacial score (nSPS) is 13.9. The molecular formula is C76H148O17P2. The van der Waals surface area contributed by atoms with Crippen molar-refractivity contribution in [1.82, 2.24) is 0 Å². The summed E-state index contributed by atoms with van der Waals surface area (Å²) in [6.45, 7) is 7.26. The zero-order valence-electron chi connectivity index (χ0n) is 61.8. The van der Waals surface area contributed by atoms with Gasteiger partial charge in [0.15, 0.2) is 12.2 Å². The van der Waals surface area contributed by atoms with E-state index in [1.807, 2.05) is 0 Å². The number of hydrogen-bond acceptors (Lipinski definition) is 15. The smallest absolute Gasteiger partial charge is 0.462 e. The van der Waals surface area contributed by atoms with Crippen LogP contribution in [0.2, 0.25) is 0 Å². The second-order valence-electron chi connectivity index (χ2n) is 27.9. The van der Waals surface area contributed by atoms with E-state index < -0.39 is 97.5 Å². The van der Waals surface area contributed by atoms with E-state index in [-0.39, 0.29) is 25.7 Å². The second-order valence-corrected chi connectivity index (χ2v) is 30.8. The number of aliphatic hydroxyl groups excluding tert-OH is 1. The molecule has 564 valence electrons. The first-order valence-corrected chi connectivity index (χ1v) is 42.6. The molecule has 3 N–H and O–H groups in total. The number of phosphoric ester groups is 2. The van der Waals surface area contributed by atoms with E-state index in [4.69, 9.17) is 37.0 Å². The lowest BCUT2D eigenvalue weighted by molar-refractivity contribution is -0.161. The third kappa shape index (κ3) is 70.3. The summed E-state index contributed by atoms with van der Waals surface area (Å²) in [6, 6.07) is 0. The summed E-state index contributed by atoms with van der Waals surface area (Å²) in [5.74, 6) is -1.34. The fraction of sp³-hybridized carbons (Fsp3) is 0.947. The third-order valence-electron chi connectivity index (χ3n) is 17.8. The quantitative estimate of drug-likeness (QED) is 0.0222. The molecule has 0 saturated heterocycles. The fourth-order valence-corrected chi connectivity index (χ4v) is 13.3. The molecule has 0 fully saturated rings. The Hall–Kier alpha value is -1.94. The Bertz CT molecular complexity index is 1820. The van der Waals surface area contributed by atoms with E-state index in [2.05, 4.69) is 34.6 Å². The lowest BCUT2D eigenvalue weighted by Crippen LogP contribution is -2.30. The second kappa shape index (κ2) is 69.2. The standard InChI is InChI=1S/C76H148O17P2/c1-6-9-12-15-18-21-23-24-25-26-27-28-29-30-31-32-33-38-42-47-52-57-62-76(81)93-72(66-87-74(79)60-55-50-45-41-37-35-34-36-39-43-48-53-58-69(4)5)68-91-95(84,85)89-64-70(77)63-88-94(82,83)90-67-71(65-86-73(78)59-54-49-44-20-17-14-11-8-3)92-75(80)61-56-51-46-40-22-19-16-13-10-7-2/h69-72,77H,6-68H2,1-5H3,(H,82,83)(H,84,85)/t70-,71+,72+/m0/s1. The van der Waals surface area contributed by atoms with Gasteiger partial charge in [-0.15, -0.1) is 0 Å². The van der Waals surface area contributed by atoms with Gasteiger partial charge in [0.1, 0.15) is 19.3 Å². The highest BCUT2D eigenvalue weighted by molar-refractivity contribution is 7.47. The van der Waals surface area contributed by atoms with Crippen LogP contribution in [0, 0.1) is 5.92 Å². The summed E-state index contributed by atoms with van der Waals surface area (Å²) < 4.78 is 68.4. The van der Waals surface area contributed by atoms with E-state index >= 15 is 0 Å². The summed E-state index contributed by atoms with van der Waals surface area (Å²) in [6.07, 6.45) is 58.5. The molecule has 5 atom stereocenters. The topological polar surface area (TPSA) is 237 Å². The van der Waals surface area contributed by atoms with Crippen LogP contribution in [-0.4, -0.2) is 96.7 Å². The Morgan fingerprint density at radius 2 is 0.484 bits per heavy atom. The van der Waals surface area contributed by atoms with Crippen LogP contribution in [0.15, 0.2) is 0 Å². The number of rotatable bonds is 76. The van der Waals surface area contributed by atoms with Crippen molar-refractivity contribution >= 4 is 39.5 Å². The van der Waals surface area contributed by atoms with Crippen molar-refractivity contribution in [3.05, 3.63) is 0 Å². The predicted molar refractivity (Wildman–Crippen MR) is 386 cm³/mol. The summed E-state index contributed by atoms with van der Waals surface area (Å²) in [5, 5.41) is 10.6. The Balaban J connectivity index is 5.15. The molecule has 0 spiro atoms. The van der Waals surface area contributed by atoms with Gasteiger partial charge >= 0.3 is 39.5 Å². The number of carbonyl (C=O) groups is 4. The maximum absolute atomic E-state index is 13.1. The van der Waals surface area contributed by atoms with Crippen LogP contribution in [0.25, 0.3) is 0 Å². The monoisotopic (exact) mass is 1400 g/mol. The molecule has 0 aliphatic heterocycles. The van der Waals surface area contributed by atoms with Crippen LogP contribution in [0.5, 0.6) is 0 Å². The number of aliphatic hydroxyl groups is 1. The molecule has 0 aromatic carbocycles. The van der Waals surface area contributed by atoms with Crippen molar-refractivity contribution in [3.63, 3.8) is 0 Å². The van der Waals surface area contributed by atoms with Gasteiger partial charge in [-0.2, -0.15) is 0 Å². The van der Waals surface area contributed by atoms with Crippen molar-refractivity contribution < 1.29 is 80.2 Å². The number of phosphoric acid groups is 2. The first-order valence-electron chi connectivity index (χ1n) is 39.6. The zero-order valence-corrected chi connectivity index (χ0v) is 63.6. The van der Waals surface area contributed by atoms with Gasteiger partial charge in [-0.25, -0.2) is 9.13 Å².